The standard InChI is InChI=1S/C15H22N4O5/c1-3-5-9-17(10-6-4-2)15(20)16-13-8-7-12(18(21)22)11-14(13)19(23)24/h7-8,11H,3-6,9-10H2,1-2H3,(H,16,20). The Bertz CT molecular complexity index is 598. The number of nitrogens with one attached hydrogen (secondary N) is 1. The summed E-state index contributed by atoms with van der Waals surface area (Å²) in [5.74, 6) is 0. The van der Waals surface area contributed by atoms with Crippen LogP contribution in [0.2, 0.25) is 0 Å². The first-order valence-electron chi connectivity index (χ1n) is 7.89. The Morgan fingerprint density at radius 3 is 2.12 bits per heavy atom. The molecule has 0 aliphatic carbocycles. The van der Waals surface area contributed by atoms with Crippen molar-refractivity contribution < 1.29 is 14.6 Å². The molecule has 0 spiro atoms. The SMILES string of the molecule is CCCCN(CCCC)C(=O)Nc1ccc([N+](=O)[O-])cc1[N+](=O)[O-]. The first kappa shape index (κ1) is 19.3. The predicted molar refractivity (Wildman–Crippen MR) is 90.2 cm³/mol. The minimum atomic E-state index is -0.745. The van der Waals surface area contributed by atoms with Gasteiger partial charge in [-0.2, -0.15) is 0 Å². The second-order valence-electron chi connectivity index (χ2n) is 5.34. The maximum absolute atomic E-state index is 12.4. The minimum Gasteiger partial charge on any atom is -0.325 e. The molecule has 9 heteroatoms. The Hall–Kier alpha value is -2.71. The van der Waals surface area contributed by atoms with Crippen LogP contribution in [0.4, 0.5) is 21.9 Å². The number of nitro groups is 2. The molecule has 2 amide bonds. The van der Waals surface area contributed by atoms with Crippen LogP contribution in [-0.2, 0) is 0 Å². The van der Waals surface area contributed by atoms with Crippen molar-refractivity contribution in [3.05, 3.63) is 38.4 Å². The highest BCUT2D eigenvalue weighted by Crippen LogP contribution is 2.29. The van der Waals surface area contributed by atoms with Gasteiger partial charge in [-0.1, -0.05) is 26.7 Å². The average molecular weight is 338 g/mol. The lowest BCUT2D eigenvalue weighted by molar-refractivity contribution is -0.393. The second-order valence-corrected chi connectivity index (χ2v) is 5.34. The molecule has 0 radical (unpaired) electrons. The number of nitrogens with zero attached hydrogens (tertiary/aromatic N) is 3. The number of hydrogen-bond acceptors (Lipinski definition) is 5. The van der Waals surface area contributed by atoms with Crippen LogP contribution in [0.15, 0.2) is 18.2 Å². The summed E-state index contributed by atoms with van der Waals surface area (Å²) in [6.07, 6.45) is 3.51. The van der Waals surface area contributed by atoms with Crippen LogP contribution in [0.3, 0.4) is 0 Å². The van der Waals surface area contributed by atoms with Crippen LogP contribution in [-0.4, -0.2) is 33.9 Å². The summed E-state index contributed by atoms with van der Waals surface area (Å²) in [6.45, 7) is 5.14. The van der Waals surface area contributed by atoms with Crippen LogP contribution in [0.25, 0.3) is 0 Å². The second kappa shape index (κ2) is 9.43. The molecular weight excluding hydrogens is 316 g/mol. The number of amides is 2. The van der Waals surface area contributed by atoms with Crippen LogP contribution < -0.4 is 5.32 Å². The largest absolute Gasteiger partial charge is 0.325 e. The number of nitro benzene ring substituents is 2. The Morgan fingerprint density at radius 1 is 1.08 bits per heavy atom. The van der Waals surface area contributed by atoms with E-state index < -0.39 is 27.3 Å². The van der Waals surface area contributed by atoms with Crippen molar-refractivity contribution >= 4 is 23.1 Å². The van der Waals surface area contributed by atoms with Crippen molar-refractivity contribution in [3.8, 4) is 0 Å². The van der Waals surface area contributed by atoms with Gasteiger partial charge in [0.1, 0.15) is 5.69 Å². The fourth-order valence-electron chi connectivity index (χ4n) is 2.10. The molecule has 0 atom stereocenters. The number of non-ortho nitro benzene ring substituents is 1. The smallest absolute Gasteiger partial charge is 0.322 e. The molecule has 0 heterocycles. The van der Waals surface area contributed by atoms with Gasteiger partial charge < -0.3 is 10.2 Å². The van der Waals surface area contributed by atoms with Crippen molar-refractivity contribution in [3.63, 3.8) is 0 Å². The van der Waals surface area contributed by atoms with E-state index in [4.69, 9.17) is 0 Å². The summed E-state index contributed by atoms with van der Waals surface area (Å²) in [5, 5.41) is 24.4. The lowest BCUT2D eigenvalue weighted by Crippen LogP contribution is -2.36. The average Bonchev–Trinajstić information content (AvgIpc) is 2.54. The van der Waals surface area contributed by atoms with E-state index in [0.29, 0.717) is 13.1 Å². The molecule has 132 valence electrons. The Balaban J connectivity index is 2.97. The van der Waals surface area contributed by atoms with Gasteiger partial charge in [0.15, 0.2) is 0 Å². The van der Waals surface area contributed by atoms with E-state index in [-0.39, 0.29) is 5.69 Å². The molecule has 0 bridgehead atoms. The number of anilines is 1. The monoisotopic (exact) mass is 338 g/mol. The summed E-state index contributed by atoms with van der Waals surface area (Å²) in [6, 6.07) is 2.73. The van der Waals surface area contributed by atoms with Gasteiger partial charge in [-0.25, -0.2) is 4.79 Å². The summed E-state index contributed by atoms with van der Waals surface area (Å²) >= 11 is 0. The molecule has 1 rings (SSSR count). The van der Waals surface area contributed by atoms with Gasteiger partial charge in [-0.3, -0.25) is 20.2 Å². The molecule has 0 aliphatic heterocycles. The third-order valence-corrected chi connectivity index (χ3v) is 3.48. The number of unbranched alkanes of at least 4 members (excludes halogenated alkanes) is 2. The molecule has 0 unspecified atom stereocenters. The van der Waals surface area contributed by atoms with E-state index in [0.717, 1.165) is 37.8 Å². The zero-order valence-corrected chi connectivity index (χ0v) is 13.9. The predicted octanol–water partition coefficient (Wildman–Crippen LogP) is 3.94. The van der Waals surface area contributed by atoms with E-state index in [1.54, 1.807) is 4.90 Å². The van der Waals surface area contributed by atoms with Crippen molar-refractivity contribution in [1.29, 1.82) is 0 Å². The molecule has 0 saturated carbocycles. The Morgan fingerprint density at radius 2 is 1.67 bits per heavy atom. The highest BCUT2D eigenvalue weighted by atomic mass is 16.6. The number of benzene rings is 1. The summed E-state index contributed by atoms with van der Waals surface area (Å²) in [4.78, 5) is 34.4. The van der Waals surface area contributed by atoms with Gasteiger partial charge in [-0.15, -0.1) is 0 Å². The summed E-state index contributed by atoms with van der Waals surface area (Å²) < 4.78 is 0. The van der Waals surface area contributed by atoms with Gasteiger partial charge in [0.25, 0.3) is 11.4 Å². The van der Waals surface area contributed by atoms with E-state index in [1.165, 1.54) is 6.07 Å². The Labute approximate surface area is 139 Å². The van der Waals surface area contributed by atoms with Crippen LogP contribution in [0, 0.1) is 20.2 Å². The molecule has 1 aromatic rings. The summed E-state index contributed by atoms with van der Waals surface area (Å²) in [5.41, 5.74) is -0.939. The molecule has 0 fully saturated rings. The van der Waals surface area contributed by atoms with Crippen LogP contribution in [0.5, 0.6) is 0 Å². The quantitative estimate of drug-likeness (QED) is 0.540. The van der Waals surface area contributed by atoms with Crippen molar-refractivity contribution in [2.75, 3.05) is 18.4 Å². The normalized spacial score (nSPS) is 10.2. The number of carbonyl (C=O) groups excluding carboxylic acids is 1. The molecule has 24 heavy (non-hydrogen) atoms. The van der Waals surface area contributed by atoms with Gasteiger partial charge in [0.05, 0.1) is 15.9 Å². The van der Waals surface area contributed by atoms with E-state index in [2.05, 4.69) is 5.32 Å². The number of urea groups is 1. The first-order chi connectivity index (χ1) is 11.4. The van der Waals surface area contributed by atoms with Crippen LogP contribution >= 0.6 is 0 Å². The number of carbonyl (C=O) groups is 1. The zero-order chi connectivity index (χ0) is 18.1. The van der Waals surface area contributed by atoms with Crippen molar-refractivity contribution in [1.82, 2.24) is 4.90 Å². The van der Waals surface area contributed by atoms with E-state index in [1.807, 2.05) is 13.8 Å². The fraction of sp³-hybridized carbons (Fsp3) is 0.533. The molecule has 1 N–H and O–H groups in total. The van der Waals surface area contributed by atoms with Gasteiger partial charge in [0.2, 0.25) is 0 Å². The van der Waals surface area contributed by atoms with Gasteiger partial charge >= 0.3 is 6.03 Å². The highest BCUT2D eigenvalue weighted by Gasteiger charge is 2.22. The van der Waals surface area contributed by atoms with Crippen LogP contribution in [0.1, 0.15) is 39.5 Å². The number of hydrogen-bond donors (Lipinski definition) is 1. The molecule has 0 aliphatic rings. The first-order valence-corrected chi connectivity index (χ1v) is 7.89. The van der Waals surface area contributed by atoms with Crippen molar-refractivity contribution in [2.45, 2.75) is 39.5 Å². The van der Waals surface area contributed by atoms with E-state index >= 15 is 0 Å². The van der Waals surface area contributed by atoms with Crippen molar-refractivity contribution in [2.24, 2.45) is 0 Å². The van der Waals surface area contributed by atoms with Gasteiger partial charge in [0, 0.05) is 19.2 Å². The number of rotatable bonds is 9. The maximum Gasteiger partial charge on any atom is 0.322 e. The molecular formula is C15H22N4O5. The van der Waals surface area contributed by atoms with Gasteiger partial charge in [-0.05, 0) is 18.9 Å². The molecule has 1 aromatic carbocycles. The molecule has 0 saturated heterocycles. The highest BCUT2D eigenvalue weighted by molar-refractivity contribution is 5.92. The maximum atomic E-state index is 12.4. The topological polar surface area (TPSA) is 119 Å². The minimum absolute atomic E-state index is 0.0476. The third kappa shape index (κ3) is 5.49. The molecule has 9 nitrogen and oxygen atoms in total. The fourth-order valence-corrected chi connectivity index (χ4v) is 2.10. The zero-order valence-electron chi connectivity index (χ0n) is 13.9. The lowest BCUT2D eigenvalue weighted by atomic mass is 10.2. The lowest BCUT2D eigenvalue weighted by Gasteiger charge is -2.22. The third-order valence-electron chi connectivity index (χ3n) is 3.48. The summed E-state index contributed by atoms with van der Waals surface area (Å²) in [7, 11) is 0. The van der Waals surface area contributed by atoms with E-state index in [9.17, 15) is 25.0 Å². The molecule has 0 aromatic heterocycles. The Kier molecular flexibility index (Phi) is 7.60.